The molecule has 2 heterocycles. The molecule has 0 spiro atoms. The molecule has 3 rings (SSSR count). The quantitative estimate of drug-likeness (QED) is 0.781. The average Bonchev–Trinajstić information content (AvgIpc) is 2.73. The highest BCUT2D eigenvalue weighted by Crippen LogP contribution is 2.27. The Morgan fingerprint density at radius 2 is 2.00 bits per heavy atom. The maximum absolute atomic E-state index is 9.29. The van der Waals surface area contributed by atoms with E-state index < -0.39 is 0 Å². The van der Waals surface area contributed by atoms with Gasteiger partial charge < -0.3 is 5.32 Å². The zero-order valence-corrected chi connectivity index (χ0v) is 12.2. The van der Waals surface area contributed by atoms with E-state index in [1.54, 1.807) is 4.68 Å². The zero-order chi connectivity index (χ0) is 15.0. The first-order valence-corrected chi connectivity index (χ1v) is 6.67. The van der Waals surface area contributed by atoms with Crippen LogP contribution in [-0.4, -0.2) is 14.8 Å². The molecule has 0 saturated carbocycles. The van der Waals surface area contributed by atoms with Crippen molar-refractivity contribution in [3.63, 3.8) is 0 Å². The number of aryl methyl sites for hydroxylation is 3. The molecule has 5 heteroatoms. The molecule has 2 aromatic heterocycles. The summed E-state index contributed by atoms with van der Waals surface area (Å²) in [6.07, 6.45) is 0. The van der Waals surface area contributed by atoms with E-state index in [-0.39, 0.29) is 0 Å². The minimum Gasteiger partial charge on any atom is -0.338 e. The SMILES string of the molecule is Cc1ccc2cccc(Nc3c(C#N)c(C)nn3C)c2n1. The molecule has 5 nitrogen and oxygen atoms in total. The van der Waals surface area contributed by atoms with Crippen LogP contribution in [0.25, 0.3) is 10.9 Å². The second-order valence-electron chi connectivity index (χ2n) is 5.00. The van der Waals surface area contributed by atoms with E-state index in [1.165, 1.54) is 0 Å². The lowest BCUT2D eigenvalue weighted by atomic mass is 10.1. The number of rotatable bonds is 2. The predicted molar refractivity (Wildman–Crippen MR) is 82.4 cm³/mol. The molecule has 1 aromatic carbocycles. The van der Waals surface area contributed by atoms with E-state index in [0.717, 1.165) is 22.3 Å². The number of para-hydroxylation sites is 1. The second-order valence-corrected chi connectivity index (χ2v) is 5.00. The van der Waals surface area contributed by atoms with E-state index >= 15 is 0 Å². The smallest absolute Gasteiger partial charge is 0.146 e. The van der Waals surface area contributed by atoms with Gasteiger partial charge in [0.05, 0.1) is 16.9 Å². The van der Waals surface area contributed by atoms with Crippen LogP contribution in [0.2, 0.25) is 0 Å². The van der Waals surface area contributed by atoms with Crippen molar-refractivity contribution in [2.24, 2.45) is 7.05 Å². The molecule has 0 radical (unpaired) electrons. The van der Waals surface area contributed by atoms with E-state index in [0.29, 0.717) is 17.1 Å². The van der Waals surface area contributed by atoms with Crippen molar-refractivity contribution in [3.8, 4) is 6.07 Å². The Morgan fingerprint density at radius 3 is 2.76 bits per heavy atom. The standard InChI is InChI=1S/C16H15N5/c1-10-7-8-12-5-4-6-14(15(12)18-10)19-16-13(9-17)11(2)20-21(16)3/h4-8,19H,1-3H3. The largest absolute Gasteiger partial charge is 0.338 e. The molecule has 0 unspecified atom stereocenters. The van der Waals surface area contributed by atoms with Crippen molar-refractivity contribution in [1.82, 2.24) is 14.8 Å². The third-order valence-electron chi connectivity index (χ3n) is 3.45. The fourth-order valence-electron chi connectivity index (χ4n) is 2.41. The van der Waals surface area contributed by atoms with Crippen LogP contribution in [0, 0.1) is 25.2 Å². The Balaban J connectivity index is 2.15. The van der Waals surface area contributed by atoms with Crippen LogP contribution in [0.15, 0.2) is 30.3 Å². The zero-order valence-electron chi connectivity index (χ0n) is 12.2. The lowest BCUT2D eigenvalue weighted by molar-refractivity contribution is 0.765. The highest BCUT2D eigenvalue weighted by molar-refractivity contribution is 5.92. The molecule has 104 valence electrons. The first-order chi connectivity index (χ1) is 10.1. The number of anilines is 2. The Labute approximate surface area is 122 Å². The van der Waals surface area contributed by atoms with E-state index in [9.17, 15) is 5.26 Å². The fourth-order valence-corrected chi connectivity index (χ4v) is 2.41. The Hall–Kier alpha value is -2.87. The van der Waals surface area contributed by atoms with Gasteiger partial charge in [-0.05, 0) is 26.0 Å². The summed E-state index contributed by atoms with van der Waals surface area (Å²) in [5, 5.41) is 17.9. The van der Waals surface area contributed by atoms with Crippen LogP contribution >= 0.6 is 0 Å². The van der Waals surface area contributed by atoms with Gasteiger partial charge in [0, 0.05) is 18.1 Å². The minimum atomic E-state index is 0.558. The van der Waals surface area contributed by atoms with E-state index in [2.05, 4.69) is 21.5 Å². The fraction of sp³-hybridized carbons (Fsp3) is 0.188. The van der Waals surface area contributed by atoms with Gasteiger partial charge in [0.2, 0.25) is 0 Å². The van der Waals surface area contributed by atoms with Gasteiger partial charge in [0.25, 0.3) is 0 Å². The van der Waals surface area contributed by atoms with Crippen LogP contribution in [0.1, 0.15) is 17.0 Å². The lowest BCUT2D eigenvalue weighted by Gasteiger charge is -2.10. The molecular weight excluding hydrogens is 262 g/mol. The van der Waals surface area contributed by atoms with Gasteiger partial charge in [0.1, 0.15) is 17.5 Å². The van der Waals surface area contributed by atoms with E-state index in [1.807, 2.05) is 51.2 Å². The molecule has 0 aliphatic carbocycles. The van der Waals surface area contributed by atoms with Crippen LogP contribution in [0.3, 0.4) is 0 Å². The molecule has 0 aliphatic heterocycles. The van der Waals surface area contributed by atoms with Gasteiger partial charge in [0.15, 0.2) is 0 Å². The number of nitrogens with one attached hydrogen (secondary N) is 1. The van der Waals surface area contributed by atoms with Crippen molar-refractivity contribution in [1.29, 1.82) is 5.26 Å². The van der Waals surface area contributed by atoms with Crippen molar-refractivity contribution in [2.45, 2.75) is 13.8 Å². The first kappa shape index (κ1) is 13.1. The summed E-state index contributed by atoms with van der Waals surface area (Å²) in [5.41, 5.74) is 3.99. The number of pyridine rings is 1. The van der Waals surface area contributed by atoms with Gasteiger partial charge in [-0.1, -0.05) is 18.2 Å². The van der Waals surface area contributed by atoms with E-state index in [4.69, 9.17) is 0 Å². The van der Waals surface area contributed by atoms with Crippen molar-refractivity contribution in [2.75, 3.05) is 5.32 Å². The first-order valence-electron chi connectivity index (χ1n) is 6.67. The van der Waals surface area contributed by atoms with Crippen LogP contribution in [0.5, 0.6) is 0 Å². The molecular formula is C16H15N5. The molecule has 21 heavy (non-hydrogen) atoms. The van der Waals surface area contributed by atoms with Gasteiger partial charge in [-0.25, -0.2) is 0 Å². The number of nitrogens with zero attached hydrogens (tertiary/aromatic N) is 4. The molecule has 0 amide bonds. The highest BCUT2D eigenvalue weighted by Gasteiger charge is 2.14. The third kappa shape index (κ3) is 2.21. The van der Waals surface area contributed by atoms with Gasteiger partial charge in [-0.2, -0.15) is 10.4 Å². The number of benzene rings is 1. The minimum absolute atomic E-state index is 0.558. The number of hydrogen-bond donors (Lipinski definition) is 1. The predicted octanol–water partition coefficient (Wildman–Crippen LogP) is 3.20. The summed E-state index contributed by atoms with van der Waals surface area (Å²) >= 11 is 0. The van der Waals surface area contributed by atoms with Crippen molar-refractivity contribution < 1.29 is 0 Å². The summed E-state index contributed by atoms with van der Waals surface area (Å²) in [6, 6.07) is 12.2. The van der Waals surface area contributed by atoms with Gasteiger partial charge in [-0.3, -0.25) is 9.67 Å². The number of aromatic nitrogens is 3. The number of hydrogen-bond acceptors (Lipinski definition) is 4. The Kier molecular flexibility index (Phi) is 3.07. The summed E-state index contributed by atoms with van der Waals surface area (Å²) in [7, 11) is 1.82. The molecule has 0 aliphatic rings. The van der Waals surface area contributed by atoms with Crippen molar-refractivity contribution in [3.05, 3.63) is 47.3 Å². The number of fused-ring (bicyclic) bond motifs is 1. The maximum atomic E-state index is 9.29. The topological polar surface area (TPSA) is 66.5 Å². The molecule has 0 atom stereocenters. The molecule has 0 bridgehead atoms. The second kappa shape index (κ2) is 4.91. The van der Waals surface area contributed by atoms with Gasteiger partial charge in [-0.15, -0.1) is 0 Å². The summed E-state index contributed by atoms with van der Waals surface area (Å²) in [5.74, 6) is 0.686. The number of nitriles is 1. The van der Waals surface area contributed by atoms with Crippen molar-refractivity contribution >= 4 is 22.4 Å². The third-order valence-corrected chi connectivity index (χ3v) is 3.45. The lowest BCUT2D eigenvalue weighted by Crippen LogP contribution is -2.01. The normalized spacial score (nSPS) is 10.6. The van der Waals surface area contributed by atoms with Gasteiger partial charge >= 0.3 is 0 Å². The molecule has 0 fully saturated rings. The monoisotopic (exact) mass is 277 g/mol. The summed E-state index contributed by atoms with van der Waals surface area (Å²) < 4.78 is 1.68. The van der Waals surface area contributed by atoms with Crippen LogP contribution in [-0.2, 0) is 7.05 Å². The summed E-state index contributed by atoms with van der Waals surface area (Å²) in [6.45, 7) is 3.79. The maximum Gasteiger partial charge on any atom is 0.146 e. The molecule has 0 saturated heterocycles. The van der Waals surface area contributed by atoms with Crippen LogP contribution < -0.4 is 5.32 Å². The molecule has 1 N–H and O–H groups in total. The molecule has 3 aromatic rings. The Bertz CT molecular complexity index is 870. The Morgan fingerprint density at radius 1 is 1.19 bits per heavy atom. The summed E-state index contributed by atoms with van der Waals surface area (Å²) in [4.78, 5) is 4.59. The average molecular weight is 277 g/mol. The highest BCUT2D eigenvalue weighted by atomic mass is 15.3. The van der Waals surface area contributed by atoms with Crippen LogP contribution in [0.4, 0.5) is 11.5 Å².